The van der Waals surface area contributed by atoms with Gasteiger partial charge in [0.1, 0.15) is 0 Å². The van der Waals surface area contributed by atoms with E-state index in [1.165, 1.54) is 4.31 Å². The quantitative estimate of drug-likeness (QED) is 0.740. The molecule has 1 aliphatic carbocycles. The molecule has 102 valence electrons. The van der Waals surface area contributed by atoms with Crippen LogP contribution in [0.2, 0.25) is 0 Å². The summed E-state index contributed by atoms with van der Waals surface area (Å²) in [5.41, 5.74) is 5.76. The molecule has 6 heteroatoms. The summed E-state index contributed by atoms with van der Waals surface area (Å²) in [4.78, 5) is 0. The Labute approximate surface area is 105 Å². The van der Waals surface area contributed by atoms with Gasteiger partial charge in [-0.15, -0.1) is 0 Å². The minimum absolute atomic E-state index is 0.0229. The van der Waals surface area contributed by atoms with Crippen molar-refractivity contribution in [3.63, 3.8) is 0 Å². The van der Waals surface area contributed by atoms with E-state index in [4.69, 9.17) is 5.73 Å². The molecular formula is C11H25N3O2S. The molecule has 0 spiro atoms. The summed E-state index contributed by atoms with van der Waals surface area (Å²) in [5, 5.41) is 0. The zero-order valence-corrected chi connectivity index (χ0v) is 11.9. The lowest BCUT2D eigenvalue weighted by atomic mass is 9.87. The Hall–Kier alpha value is -0.170. The van der Waals surface area contributed by atoms with Crippen LogP contribution in [0.5, 0.6) is 0 Å². The van der Waals surface area contributed by atoms with Crippen molar-refractivity contribution in [1.82, 2.24) is 9.03 Å². The van der Waals surface area contributed by atoms with E-state index in [0.29, 0.717) is 13.1 Å². The topological polar surface area (TPSA) is 75.4 Å². The Morgan fingerprint density at radius 2 is 1.88 bits per heavy atom. The summed E-state index contributed by atoms with van der Waals surface area (Å²) in [5.74, 6) is 0. The molecule has 0 aromatic heterocycles. The van der Waals surface area contributed by atoms with Gasteiger partial charge in [-0.25, -0.2) is 4.72 Å². The first-order valence-corrected chi connectivity index (χ1v) is 7.70. The van der Waals surface area contributed by atoms with Gasteiger partial charge in [-0.05, 0) is 38.6 Å². The molecule has 0 unspecified atom stereocenters. The maximum atomic E-state index is 12.0. The molecule has 1 rings (SSSR count). The van der Waals surface area contributed by atoms with Crippen LogP contribution in [-0.4, -0.2) is 38.9 Å². The molecule has 0 atom stereocenters. The van der Waals surface area contributed by atoms with Crippen molar-refractivity contribution >= 4 is 10.2 Å². The lowest BCUT2D eigenvalue weighted by molar-refractivity contribution is 0.303. The van der Waals surface area contributed by atoms with Crippen LogP contribution in [0.3, 0.4) is 0 Å². The predicted molar refractivity (Wildman–Crippen MR) is 69.8 cm³/mol. The van der Waals surface area contributed by atoms with Crippen molar-refractivity contribution in [2.75, 3.05) is 20.1 Å². The largest absolute Gasteiger partial charge is 0.330 e. The van der Waals surface area contributed by atoms with E-state index in [1.54, 1.807) is 7.05 Å². The molecule has 0 bridgehead atoms. The van der Waals surface area contributed by atoms with Gasteiger partial charge in [-0.3, -0.25) is 0 Å². The van der Waals surface area contributed by atoms with Crippen LogP contribution >= 0.6 is 0 Å². The highest BCUT2D eigenvalue weighted by Gasteiger charge is 2.34. The molecule has 0 aliphatic heterocycles. The summed E-state index contributed by atoms with van der Waals surface area (Å²) < 4.78 is 28.0. The highest BCUT2D eigenvalue weighted by Crippen LogP contribution is 2.36. The maximum Gasteiger partial charge on any atom is 0.279 e. The molecule has 1 fully saturated rings. The average Bonchev–Trinajstić information content (AvgIpc) is 2.75. The normalized spacial score (nSPS) is 20.4. The Kier molecular flexibility index (Phi) is 4.95. The van der Waals surface area contributed by atoms with Crippen LogP contribution in [0.4, 0.5) is 0 Å². The Bertz CT molecular complexity index is 335. The van der Waals surface area contributed by atoms with Gasteiger partial charge in [-0.2, -0.15) is 12.7 Å². The fourth-order valence-corrected chi connectivity index (χ4v) is 3.45. The summed E-state index contributed by atoms with van der Waals surface area (Å²) in [6, 6.07) is -0.0371. The number of nitrogens with two attached hydrogens (primary N) is 1. The molecule has 1 aliphatic rings. The molecule has 1 saturated carbocycles. The zero-order valence-electron chi connectivity index (χ0n) is 11.1. The molecule has 0 aromatic rings. The van der Waals surface area contributed by atoms with Gasteiger partial charge in [0.05, 0.1) is 0 Å². The zero-order chi connectivity index (χ0) is 13.1. The van der Waals surface area contributed by atoms with Crippen molar-refractivity contribution in [3.8, 4) is 0 Å². The third-order valence-electron chi connectivity index (χ3n) is 3.83. The van der Waals surface area contributed by atoms with Crippen molar-refractivity contribution in [3.05, 3.63) is 0 Å². The molecule has 0 radical (unpaired) electrons. The lowest BCUT2D eigenvalue weighted by Gasteiger charge is -2.29. The third kappa shape index (κ3) is 3.64. The van der Waals surface area contributed by atoms with Crippen LogP contribution in [0.1, 0.15) is 39.5 Å². The van der Waals surface area contributed by atoms with Gasteiger partial charge in [0.25, 0.3) is 10.2 Å². The van der Waals surface area contributed by atoms with E-state index in [-0.39, 0.29) is 11.5 Å². The summed E-state index contributed by atoms with van der Waals surface area (Å²) in [6.07, 6.45) is 4.35. The highest BCUT2D eigenvalue weighted by molar-refractivity contribution is 7.87. The van der Waals surface area contributed by atoms with Crippen molar-refractivity contribution in [1.29, 1.82) is 0 Å². The second kappa shape index (κ2) is 5.65. The van der Waals surface area contributed by atoms with E-state index in [9.17, 15) is 8.42 Å². The minimum atomic E-state index is -3.37. The van der Waals surface area contributed by atoms with Crippen molar-refractivity contribution < 1.29 is 8.42 Å². The van der Waals surface area contributed by atoms with Gasteiger partial charge < -0.3 is 5.73 Å². The van der Waals surface area contributed by atoms with Gasteiger partial charge >= 0.3 is 0 Å². The number of hydrogen-bond acceptors (Lipinski definition) is 3. The summed E-state index contributed by atoms with van der Waals surface area (Å²) in [7, 11) is -1.77. The predicted octanol–water partition coefficient (Wildman–Crippen LogP) is 0.680. The van der Waals surface area contributed by atoms with Crippen LogP contribution in [0, 0.1) is 5.41 Å². The summed E-state index contributed by atoms with van der Waals surface area (Å²) >= 11 is 0. The fraction of sp³-hybridized carbons (Fsp3) is 1.00. The number of rotatable bonds is 6. The smallest absolute Gasteiger partial charge is 0.279 e. The first-order valence-electron chi connectivity index (χ1n) is 6.26. The van der Waals surface area contributed by atoms with Crippen LogP contribution in [-0.2, 0) is 10.2 Å². The van der Waals surface area contributed by atoms with E-state index < -0.39 is 10.2 Å². The van der Waals surface area contributed by atoms with E-state index in [0.717, 1.165) is 25.7 Å². The number of nitrogens with one attached hydrogen (secondary N) is 1. The first-order chi connectivity index (χ1) is 7.83. The van der Waals surface area contributed by atoms with E-state index in [1.807, 2.05) is 13.8 Å². The second-order valence-electron chi connectivity index (χ2n) is 5.35. The van der Waals surface area contributed by atoms with Gasteiger partial charge in [0, 0.05) is 19.6 Å². The van der Waals surface area contributed by atoms with E-state index >= 15 is 0 Å². The number of hydrogen-bond donors (Lipinski definition) is 2. The van der Waals surface area contributed by atoms with Gasteiger partial charge in [0.2, 0.25) is 0 Å². The highest BCUT2D eigenvalue weighted by atomic mass is 32.2. The molecule has 5 nitrogen and oxygen atoms in total. The Morgan fingerprint density at radius 1 is 1.35 bits per heavy atom. The van der Waals surface area contributed by atoms with Crippen LogP contribution in [0.15, 0.2) is 0 Å². The van der Waals surface area contributed by atoms with E-state index in [2.05, 4.69) is 4.72 Å². The maximum absolute atomic E-state index is 12.0. The first kappa shape index (κ1) is 14.9. The molecule has 17 heavy (non-hydrogen) atoms. The minimum Gasteiger partial charge on any atom is -0.330 e. The second-order valence-corrected chi connectivity index (χ2v) is 7.16. The van der Waals surface area contributed by atoms with Crippen LogP contribution in [0.25, 0.3) is 0 Å². The van der Waals surface area contributed by atoms with Gasteiger partial charge in [-0.1, -0.05) is 12.8 Å². The molecule has 0 saturated heterocycles. The standard InChI is InChI=1S/C11H25N3O2S/c1-10(2)14(3)17(15,16)13-9-11(8-12)6-4-5-7-11/h10,13H,4-9,12H2,1-3H3. The molecule has 0 heterocycles. The molecule has 0 aromatic carbocycles. The molecule has 0 amide bonds. The molecule has 3 N–H and O–H groups in total. The fourth-order valence-electron chi connectivity index (χ4n) is 2.20. The number of nitrogens with zero attached hydrogens (tertiary/aromatic N) is 1. The van der Waals surface area contributed by atoms with Gasteiger partial charge in [0.15, 0.2) is 0 Å². The lowest BCUT2D eigenvalue weighted by Crippen LogP contribution is -2.47. The molecular weight excluding hydrogens is 238 g/mol. The monoisotopic (exact) mass is 263 g/mol. The Balaban J connectivity index is 2.60. The SMILES string of the molecule is CC(C)N(C)S(=O)(=O)NCC1(CN)CCCC1. The van der Waals surface area contributed by atoms with Crippen LogP contribution < -0.4 is 10.5 Å². The average molecular weight is 263 g/mol. The third-order valence-corrected chi connectivity index (χ3v) is 5.52. The Morgan fingerprint density at radius 3 is 2.29 bits per heavy atom. The van der Waals surface area contributed by atoms with Crippen molar-refractivity contribution in [2.45, 2.75) is 45.6 Å². The van der Waals surface area contributed by atoms with Crippen molar-refractivity contribution in [2.24, 2.45) is 11.1 Å². The summed E-state index contributed by atoms with van der Waals surface area (Å²) in [6.45, 7) is 4.73.